The fourth-order valence-electron chi connectivity index (χ4n) is 3.84. The van der Waals surface area contributed by atoms with Crippen molar-refractivity contribution in [3.8, 4) is 0 Å². The van der Waals surface area contributed by atoms with Gasteiger partial charge in [-0.3, -0.25) is 0 Å². The van der Waals surface area contributed by atoms with Crippen LogP contribution in [0.25, 0.3) is 0 Å². The average molecular weight is 290 g/mol. The van der Waals surface area contributed by atoms with E-state index in [2.05, 4.69) is 41.8 Å². The zero-order valence-electron chi connectivity index (χ0n) is 13.8. The summed E-state index contributed by atoms with van der Waals surface area (Å²) in [5, 5.41) is 3.64. The minimum atomic E-state index is 0.671. The Hall–Kier alpha value is -1.03. The highest BCUT2D eigenvalue weighted by Gasteiger charge is 2.25. The first kappa shape index (κ1) is 14.9. The van der Waals surface area contributed by atoms with Crippen LogP contribution in [-0.4, -0.2) is 40.1 Å². The van der Waals surface area contributed by atoms with Crippen molar-refractivity contribution in [2.75, 3.05) is 25.0 Å². The van der Waals surface area contributed by atoms with E-state index in [4.69, 9.17) is 4.98 Å². The maximum Gasteiger partial charge on any atom is 0.203 e. The van der Waals surface area contributed by atoms with Gasteiger partial charge in [-0.05, 0) is 52.5 Å². The number of rotatable bonds is 5. The lowest BCUT2D eigenvalue weighted by molar-refractivity contribution is 0.266. The van der Waals surface area contributed by atoms with E-state index in [9.17, 15) is 0 Å². The summed E-state index contributed by atoms with van der Waals surface area (Å²) in [6, 6.07) is 1.35. The number of anilines is 1. The lowest BCUT2D eigenvalue weighted by atomic mass is 10.1. The van der Waals surface area contributed by atoms with Crippen LogP contribution in [-0.2, 0) is 0 Å². The largest absolute Gasteiger partial charge is 0.355 e. The molecule has 1 aromatic rings. The Morgan fingerprint density at radius 2 is 2.05 bits per heavy atom. The van der Waals surface area contributed by atoms with Gasteiger partial charge in [-0.15, -0.1) is 0 Å². The van der Waals surface area contributed by atoms with Gasteiger partial charge in [0.25, 0.3) is 0 Å². The van der Waals surface area contributed by atoms with Crippen molar-refractivity contribution >= 4 is 5.95 Å². The molecule has 0 amide bonds. The lowest BCUT2D eigenvalue weighted by Gasteiger charge is -2.21. The molecule has 118 valence electrons. The van der Waals surface area contributed by atoms with E-state index in [-0.39, 0.29) is 0 Å². The van der Waals surface area contributed by atoms with Crippen molar-refractivity contribution in [3.63, 3.8) is 0 Å². The molecule has 4 heteroatoms. The number of likely N-dealkylation sites (tertiary alicyclic amines) is 1. The number of aromatic nitrogens is 2. The van der Waals surface area contributed by atoms with Crippen LogP contribution in [0.2, 0.25) is 0 Å². The molecule has 3 rings (SSSR count). The highest BCUT2D eigenvalue weighted by atomic mass is 15.2. The number of aryl methyl sites for hydroxylation is 1. The zero-order valence-corrected chi connectivity index (χ0v) is 13.8. The number of hydrogen-bond donors (Lipinski definition) is 1. The van der Waals surface area contributed by atoms with Crippen LogP contribution in [0.5, 0.6) is 0 Å². The molecule has 0 radical (unpaired) electrons. The summed E-state index contributed by atoms with van der Waals surface area (Å²) < 4.78 is 2.40. The second kappa shape index (κ2) is 6.39. The van der Waals surface area contributed by atoms with Crippen LogP contribution in [0, 0.1) is 12.8 Å². The molecule has 2 fully saturated rings. The topological polar surface area (TPSA) is 33.1 Å². The van der Waals surface area contributed by atoms with Gasteiger partial charge in [0.2, 0.25) is 5.95 Å². The van der Waals surface area contributed by atoms with Crippen molar-refractivity contribution < 1.29 is 0 Å². The predicted molar refractivity (Wildman–Crippen MR) is 87.8 cm³/mol. The molecule has 1 unspecified atom stereocenters. The molecule has 1 saturated carbocycles. The average Bonchev–Trinajstić information content (AvgIpc) is 3.16. The summed E-state index contributed by atoms with van der Waals surface area (Å²) in [6.07, 6.45) is 8.91. The fourth-order valence-corrected chi connectivity index (χ4v) is 3.84. The first-order valence-corrected chi connectivity index (χ1v) is 8.67. The Morgan fingerprint density at radius 1 is 1.29 bits per heavy atom. The predicted octanol–water partition coefficient (Wildman–Crippen LogP) is 3.45. The monoisotopic (exact) mass is 290 g/mol. The van der Waals surface area contributed by atoms with Crippen molar-refractivity contribution in [2.24, 2.45) is 5.92 Å². The van der Waals surface area contributed by atoms with Crippen molar-refractivity contribution in [1.82, 2.24) is 14.5 Å². The van der Waals surface area contributed by atoms with Crippen LogP contribution in [0.4, 0.5) is 5.95 Å². The number of hydrogen-bond acceptors (Lipinski definition) is 3. The highest BCUT2D eigenvalue weighted by Crippen LogP contribution is 2.32. The van der Waals surface area contributed by atoms with Gasteiger partial charge in [0, 0.05) is 31.4 Å². The molecule has 1 N–H and O–H groups in total. The van der Waals surface area contributed by atoms with E-state index in [1.165, 1.54) is 45.2 Å². The van der Waals surface area contributed by atoms with Gasteiger partial charge >= 0.3 is 0 Å². The standard InChI is InChI=1S/C17H30N4/c1-13(2)20-9-8-15(12-20)10-18-17-19-14(3)11-21(17)16-6-4-5-7-16/h11,13,15-16H,4-10,12H2,1-3H3,(H,18,19). The molecule has 2 aliphatic rings. The molecular weight excluding hydrogens is 260 g/mol. The number of nitrogens with one attached hydrogen (secondary N) is 1. The summed E-state index contributed by atoms with van der Waals surface area (Å²) in [7, 11) is 0. The van der Waals surface area contributed by atoms with Crippen LogP contribution < -0.4 is 5.32 Å². The minimum absolute atomic E-state index is 0.671. The molecule has 1 atom stereocenters. The number of nitrogens with zero attached hydrogens (tertiary/aromatic N) is 3. The Morgan fingerprint density at radius 3 is 2.71 bits per heavy atom. The first-order chi connectivity index (χ1) is 10.1. The molecule has 0 spiro atoms. The van der Waals surface area contributed by atoms with Crippen molar-refractivity contribution in [3.05, 3.63) is 11.9 Å². The summed E-state index contributed by atoms with van der Waals surface area (Å²) in [4.78, 5) is 7.29. The molecule has 0 bridgehead atoms. The molecular formula is C17H30N4. The summed E-state index contributed by atoms with van der Waals surface area (Å²) in [5.41, 5.74) is 1.14. The van der Waals surface area contributed by atoms with Crippen LogP contribution >= 0.6 is 0 Å². The fraction of sp³-hybridized carbons (Fsp3) is 0.824. The van der Waals surface area contributed by atoms with Gasteiger partial charge in [-0.2, -0.15) is 0 Å². The Balaban J connectivity index is 1.58. The molecule has 0 aromatic carbocycles. The third-order valence-electron chi connectivity index (χ3n) is 5.17. The van der Waals surface area contributed by atoms with E-state index in [1.54, 1.807) is 0 Å². The van der Waals surface area contributed by atoms with Gasteiger partial charge < -0.3 is 14.8 Å². The number of imidazole rings is 1. The lowest BCUT2D eigenvalue weighted by Crippen LogP contribution is -2.29. The Kier molecular flexibility index (Phi) is 4.53. The zero-order chi connectivity index (χ0) is 14.8. The van der Waals surface area contributed by atoms with Crippen LogP contribution in [0.1, 0.15) is 57.7 Å². The van der Waals surface area contributed by atoms with Crippen LogP contribution in [0.15, 0.2) is 6.20 Å². The molecule has 2 heterocycles. The molecule has 1 aliphatic carbocycles. The Bertz CT molecular complexity index is 459. The van der Waals surface area contributed by atoms with Crippen LogP contribution in [0.3, 0.4) is 0 Å². The normalized spacial score (nSPS) is 24.3. The summed E-state index contributed by atoms with van der Waals surface area (Å²) in [6.45, 7) is 10.2. The maximum atomic E-state index is 4.71. The van der Waals surface area contributed by atoms with E-state index < -0.39 is 0 Å². The molecule has 21 heavy (non-hydrogen) atoms. The summed E-state index contributed by atoms with van der Waals surface area (Å²) >= 11 is 0. The highest BCUT2D eigenvalue weighted by molar-refractivity contribution is 5.30. The molecule has 1 aliphatic heterocycles. The SMILES string of the molecule is Cc1cn(C2CCCC2)c(NCC2CCN(C(C)C)C2)n1. The molecule has 1 saturated heterocycles. The first-order valence-electron chi connectivity index (χ1n) is 8.67. The van der Waals surface area contributed by atoms with Gasteiger partial charge in [0.15, 0.2) is 0 Å². The third-order valence-corrected chi connectivity index (χ3v) is 5.17. The third kappa shape index (κ3) is 3.42. The summed E-state index contributed by atoms with van der Waals surface area (Å²) in [5.74, 6) is 1.86. The molecule has 1 aromatic heterocycles. The van der Waals surface area contributed by atoms with Gasteiger partial charge in [-0.1, -0.05) is 12.8 Å². The second-order valence-corrected chi connectivity index (χ2v) is 7.18. The second-order valence-electron chi connectivity index (χ2n) is 7.18. The van der Waals surface area contributed by atoms with Crippen molar-refractivity contribution in [1.29, 1.82) is 0 Å². The van der Waals surface area contributed by atoms with Gasteiger partial charge in [0.05, 0.1) is 5.69 Å². The van der Waals surface area contributed by atoms with E-state index in [0.29, 0.717) is 12.1 Å². The van der Waals surface area contributed by atoms with Gasteiger partial charge in [-0.25, -0.2) is 4.98 Å². The Labute approximate surface area is 128 Å². The van der Waals surface area contributed by atoms with Gasteiger partial charge in [0.1, 0.15) is 0 Å². The molecule has 4 nitrogen and oxygen atoms in total. The van der Waals surface area contributed by atoms with E-state index in [0.717, 1.165) is 24.1 Å². The maximum absolute atomic E-state index is 4.71. The van der Waals surface area contributed by atoms with E-state index >= 15 is 0 Å². The van der Waals surface area contributed by atoms with Crippen molar-refractivity contribution in [2.45, 2.75) is 65.0 Å². The van der Waals surface area contributed by atoms with E-state index in [1.807, 2.05) is 0 Å². The quantitative estimate of drug-likeness (QED) is 0.901. The minimum Gasteiger partial charge on any atom is -0.355 e. The smallest absolute Gasteiger partial charge is 0.203 e.